The molecule has 0 saturated carbocycles. The molecule has 0 aromatic carbocycles. The molecule has 2 atom stereocenters. The van der Waals surface area contributed by atoms with Gasteiger partial charge in [-0.25, -0.2) is 0 Å². The second-order valence-electron chi connectivity index (χ2n) is 4.02. The molecule has 0 bridgehead atoms. The normalized spacial score (nSPS) is 37.8. The Kier molecular flexibility index (Phi) is 2.91. The van der Waals surface area contributed by atoms with Gasteiger partial charge in [0.2, 0.25) is 0 Å². The van der Waals surface area contributed by atoms with Gasteiger partial charge in [0.25, 0.3) is 0 Å². The molecule has 1 aliphatic rings. The van der Waals surface area contributed by atoms with E-state index in [2.05, 4.69) is 18.7 Å². The Morgan fingerprint density at radius 2 is 2.54 bits per heavy atom. The molecule has 4 heteroatoms. The van der Waals surface area contributed by atoms with Gasteiger partial charge >= 0.3 is 0 Å². The van der Waals surface area contributed by atoms with Crippen molar-refractivity contribution < 1.29 is 11.2 Å². The molecular weight excluding hydrogens is 165 g/mol. The molecule has 3 nitrogen and oxygen atoms in total. The van der Waals surface area contributed by atoms with Crippen molar-refractivity contribution in [2.45, 2.75) is 38.4 Å². The SMILES string of the molecule is [2H]C[C@@]1(CO)CN(C(C)C)C[C@H]([B])O1. The molecule has 0 spiro atoms. The van der Waals surface area contributed by atoms with E-state index >= 15 is 0 Å². The highest BCUT2D eigenvalue weighted by molar-refractivity contribution is 6.11. The van der Waals surface area contributed by atoms with Crippen molar-refractivity contribution in [2.75, 3.05) is 19.7 Å². The van der Waals surface area contributed by atoms with Crippen LogP contribution in [-0.2, 0) is 4.74 Å². The summed E-state index contributed by atoms with van der Waals surface area (Å²) in [4.78, 5) is 2.14. The molecule has 0 aromatic rings. The molecule has 0 amide bonds. The second kappa shape index (κ2) is 3.99. The Bertz CT molecular complexity index is 188. The first-order chi connectivity index (χ1) is 6.53. The maximum absolute atomic E-state index is 9.23. The number of hydrogen-bond acceptors (Lipinski definition) is 3. The molecule has 0 unspecified atom stereocenters. The van der Waals surface area contributed by atoms with Crippen LogP contribution in [0.1, 0.15) is 22.1 Å². The van der Waals surface area contributed by atoms with E-state index in [1.54, 1.807) is 0 Å². The van der Waals surface area contributed by atoms with Crippen LogP contribution in [0.3, 0.4) is 0 Å². The molecule has 0 aromatic heterocycles. The first kappa shape index (κ1) is 9.50. The number of rotatable bonds is 2. The molecule has 1 N–H and O–H groups in total. The maximum Gasteiger partial charge on any atom is 0.110 e. The smallest absolute Gasteiger partial charge is 0.110 e. The average molecular weight is 184 g/mol. The molecule has 2 radical (unpaired) electrons. The summed E-state index contributed by atoms with van der Waals surface area (Å²) in [5.74, 6) is 0. The molecule has 1 saturated heterocycles. The van der Waals surface area contributed by atoms with Crippen molar-refractivity contribution >= 4 is 7.85 Å². The van der Waals surface area contributed by atoms with Gasteiger partial charge in [-0.15, -0.1) is 0 Å². The summed E-state index contributed by atoms with van der Waals surface area (Å²) in [6.07, 6.45) is 0. The van der Waals surface area contributed by atoms with Gasteiger partial charge in [0.15, 0.2) is 0 Å². The lowest BCUT2D eigenvalue weighted by atomic mass is 9.93. The van der Waals surface area contributed by atoms with Crippen LogP contribution in [0.25, 0.3) is 0 Å². The van der Waals surface area contributed by atoms with Gasteiger partial charge in [0, 0.05) is 26.5 Å². The highest BCUT2D eigenvalue weighted by Gasteiger charge is 2.35. The summed E-state index contributed by atoms with van der Waals surface area (Å²) >= 11 is 0. The molecular formula is C9H18BNO2. The molecule has 1 heterocycles. The van der Waals surface area contributed by atoms with E-state index in [-0.39, 0.29) is 13.5 Å². The highest BCUT2D eigenvalue weighted by atomic mass is 16.5. The first-order valence-electron chi connectivity index (χ1n) is 5.31. The fourth-order valence-corrected chi connectivity index (χ4v) is 1.54. The van der Waals surface area contributed by atoms with Gasteiger partial charge in [-0.2, -0.15) is 0 Å². The van der Waals surface area contributed by atoms with Crippen LogP contribution >= 0.6 is 0 Å². The number of morpholine rings is 1. The zero-order chi connectivity index (χ0) is 10.8. The predicted octanol–water partition coefficient (Wildman–Crippen LogP) is -0.0274. The van der Waals surface area contributed by atoms with E-state index < -0.39 is 11.6 Å². The molecule has 1 aliphatic heterocycles. The summed E-state index contributed by atoms with van der Waals surface area (Å²) in [5.41, 5.74) is -0.790. The first-order valence-corrected chi connectivity index (χ1v) is 4.60. The lowest BCUT2D eigenvalue weighted by molar-refractivity contribution is -0.143. The lowest BCUT2D eigenvalue weighted by Crippen LogP contribution is -2.57. The van der Waals surface area contributed by atoms with E-state index in [1.165, 1.54) is 0 Å². The van der Waals surface area contributed by atoms with Gasteiger partial charge < -0.3 is 9.84 Å². The van der Waals surface area contributed by atoms with Crippen molar-refractivity contribution in [1.82, 2.24) is 4.90 Å². The van der Waals surface area contributed by atoms with E-state index in [0.717, 1.165) is 0 Å². The Labute approximate surface area is 82.9 Å². The topological polar surface area (TPSA) is 32.7 Å². The van der Waals surface area contributed by atoms with E-state index in [0.29, 0.717) is 19.1 Å². The minimum absolute atomic E-state index is 0.0421. The number of aliphatic hydroxyl groups is 1. The maximum atomic E-state index is 9.23. The second-order valence-corrected chi connectivity index (χ2v) is 4.02. The van der Waals surface area contributed by atoms with E-state index in [4.69, 9.17) is 14.0 Å². The number of ether oxygens (including phenoxy) is 1. The average Bonchev–Trinajstić information content (AvgIpc) is 2.16. The van der Waals surface area contributed by atoms with Crippen molar-refractivity contribution in [2.24, 2.45) is 0 Å². The standard InChI is InChI=1S/C9H18BNO2/c1-7(2)11-4-8(10)13-9(3,5-11)6-12/h7-8,12H,4-6H2,1-3H3/t8-,9+/m1/s1/i3D. The summed E-state index contributed by atoms with van der Waals surface area (Å²) in [6.45, 7) is 5.29. The van der Waals surface area contributed by atoms with Crippen LogP contribution in [-0.4, -0.2) is 55.2 Å². The Morgan fingerprint density at radius 3 is 3.00 bits per heavy atom. The Morgan fingerprint density at radius 1 is 1.85 bits per heavy atom. The van der Waals surface area contributed by atoms with Crippen LogP contribution in [0.5, 0.6) is 0 Å². The fourth-order valence-electron chi connectivity index (χ4n) is 1.54. The van der Waals surface area contributed by atoms with Crippen LogP contribution in [0.2, 0.25) is 0 Å². The van der Waals surface area contributed by atoms with Gasteiger partial charge in [0.1, 0.15) is 13.4 Å². The van der Waals surface area contributed by atoms with Crippen molar-refractivity contribution in [3.8, 4) is 0 Å². The van der Waals surface area contributed by atoms with Crippen LogP contribution in [0.4, 0.5) is 0 Å². The molecule has 1 rings (SSSR count). The fraction of sp³-hybridized carbons (Fsp3) is 1.00. The Hall–Kier alpha value is -0.0551. The monoisotopic (exact) mass is 184 g/mol. The van der Waals surface area contributed by atoms with Gasteiger partial charge in [-0.05, 0) is 20.7 Å². The van der Waals surface area contributed by atoms with E-state index in [1.807, 2.05) is 0 Å². The summed E-state index contributed by atoms with van der Waals surface area (Å²) in [7, 11) is 5.73. The summed E-state index contributed by atoms with van der Waals surface area (Å²) in [6, 6.07) is -0.0360. The minimum Gasteiger partial charge on any atom is -0.393 e. The number of aliphatic hydroxyl groups excluding tert-OH is 1. The minimum atomic E-state index is -0.790. The molecule has 13 heavy (non-hydrogen) atoms. The van der Waals surface area contributed by atoms with E-state index in [9.17, 15) is 5.11 Å². The highest BCUT2D eigenvalue weighted by Crippen LogP contribution is 2.21. The summed E-state index contributed by atoms with van der Waals surface area (Å²) in [5, 5.41) is 9.23. The van der Waals surface area contributed by atoms with Crippen molar-refractivity contribution in [1.29, 1.82) is 0 Å². The molecule has 74 valence electrons. The van der Waals surface area contributed by atoms with Gasteiger partial charge in [0.05, 0.1) is 6.61 Å². The quantitative estimate of drug-likeness (QED) is 0.612. The summed E-state index contributed by atoms with van der Waals surface area (Å²) < 4.78 is 12.9. The third-order valence-electron chi connectivity index (χ3n) is 2.33. The van der Waals surface area contributed by atoms with Gasteiger partial charge in [-0.3, -0.25) is 4.90 Å². The van der Waals surface area contributed by atoms with Crippen LogP contribution in [0.15, 0.2) is 0 Å². The lowest BCUT2D eigenvalue weighted by Gasteiger charge is -2.44. The molecule has 0 aliphatic carbocycles. The number of nitrogens with zero attached hydrogens (tertiary/aromatic N) is 1. The third-order valence-corrected chi connectivity index (χ3v) is 2.33. The Balaban J connectivity index is 2.70. The predicted molar refractivity (Wildman–Crippen MR) is 52.8 cm³/mol. The number of hydrogen-bond donors (Lipinski definition) is 1. The molecule has 1 fully saturated rings. The van der Waals surface area contributed by atoms with Crippen LogP contribution in [0, 0.1) is 0 Å². The largest absolute Gasteiger partial charge is 0.393 e. The van der Waals surface area contributed by atoms with Crippen molar-refractivity contribution in [3.05, 3.63) is 0 Å². The van der Waals surface area contributed by atoms with Crippen LogP contribution < -0.4 is 0 Å². The zero-order valence-corrected chi connectivity index (χ0v) is 8.36. The third kappa shape index (κ3) is 2.69. The zero-order valence-electron chi connectivity index (χ0n) is 9.36. The van der Waals surface area contributed by atoms with Crippen molar-refractivity contribution in [3.63, 3.8) is 0 Å². The van der Waals surface area contributed by atoms with Gasteiger partial charge in [-0.1, -0.05) is 0 Å².